The first-order valence-corrected chi connectivity index (χ1v) is 8.64. The van der Waals surface area contributed by atoms with Gasteiger partial charge in [0.1, 0.15) is 0 Å². The predicted octanol–water partition coefficient (Wildman–Crippen LogP) is 3.24. The van der Waals surface area contributed by atoms with Crippen LogP contribution in [0.5, 0.6) is 0 Å². The molecule has 25 heavy (non-hydrogen) atoms. The quantitative estimate of drug-likeness (QED) is 0.752. The van der Waals surface area contributed by atoms with Crippen LogP contribution in [0, 0.1) is 5.92 Å². The molecule has 1 saturated carbocycles. The molecular formula is C19H21N5O. The van der Waals surface area contributed by atoms with Crippen molar-refractivity contribution in [3.63, 3.8) is 0 Å². The topological polar surface area (TPSA) is 71.3 Å². The molecule has 1 aliphatic carbocycles. The number of carbonyl (C=O) groups excluding carboxylic acids is 1. The zero-order valence-electron chi connectivity index (χ0n) is 14.1. The van der Waals surface area contributed by atoms with Gasteiger partial charge in [-0.2, -0.15) is 0 Å². The second kappa shape index (κ2) is 6.55. The van der Waals surface area contributed by atoms with Gasteiger partial charge in [-0.15, -0.1) is 10.2 Å². The van der Waals surface area contributed by atoms with E-state index in [-0.39, 0.29) is 18.1 Å². The Balaban J connectivity index is 1.46. The van der Waals surface area contributed by atoms with Gasteiger partial charge < -0.3 is 10.6 Å². The first-order valence-electron chi connectivity index (χ1n) is 8.64. The number of amides is 2. The minimum absolute atomic E-state index is 0.0588. The van der Waals surface area contributed by atoms with Crippen molar-refractivity contribution in [2.24, 2.45) is 5.92 Å². The van der Waals surface area contributed by atoms with Crippen LogP contribution in [0.3, 0.4) is 0 Å². The SMILES string of the molecule is C[C@@H](NC(=O)N[C@@H](c1ccccc1)C1CC1)c1nnc2ccccn12. The summed E-state index contributed by atoms with van der Waals surface area (Å²) < 4.78 is 1.89. The van der Waals surface area contributed by atoms with E-state index in [0.29, 0.717) is 11.7 Å². The van der Waals surface area contributed by atoms with Crippen LogP contribution < -0.4 is 10.6 Å². The summed E-state index contributed by atoms with van der Waals surface area (Å²) in [4.78, 5) is 12.5. The van der Waals surface area contributed by atoms with Crippen LogP contribution in [-0.2, 0) is 0 Å². The van der Waals surface area contributed by atoms with Gasteiger partial charge in [-0.3, -0.25) is 4.40 Å². The number of hydrogen-bond donors (Lipinski definition) is 2. The highest BCUT2D eigenvalue weighted by Crippen LogP contribution is 2.40. The van der Waals surface area contributed by atoms with Crippen molar-refractivity contribution in [2.75, 3.05) is 0 Å². The molecule has 2 heterocycles. The Kier molecular flexibility index (Phi) is 4.09. The van der Waals surface area contributed by atoms with Gasteiger partial charge in [0.25, 0.3) is 0 Å². The lowest BCUT2D eigenvalue weighted by molar-refractivity contribution is 0.232. The molecule has 0 spiro atoms. The summed E-state index contributed by atoms with van der Waals surface area (Å²) in [5.41, 5.74) is 1.92. The minimum atomic E-state index is -0.243. The average molecular weight is 335 g/mol. The van der Waals surface area contributed by atoms with Crippen molar-refractivity contribution in [2.45, 2.75) is 31.8 Å². The second-order valence-corrected chi connectivity index (χ2v) is 6.55. The Morgan fingerprint density at radius 3 is 2.60 bits per heavy atom. The summed E-state index contributed by atoms with van der Waals surface area (Å²) in [5, 5.41) is 14.5. The summed E-state index contributed by atoms with van der Waals surface area (Å²) in [6.45, 7) is 1.91. The van der Waals surface area contributed by atoms with E-state index in [2.05, 4.69) is 33.0 Å². The number of urea groups is 1. The van der Waals surface area contributed by atoms with Gasteiger partial charge in [0.05, 0.1) is 12.1 Å². The Bertz CT molecular complexity index is 872. The summed E-state index contributed by atoms with van der Waals surface area (Å²) in [7, 11) is 0. The predicted molar refractivity (Wildman–Crippen MR) is 95.0 cm³/mol. The minimum Gasteiger partial charge on any atom is -0.331 e. The highest BCUT2D eigenvalue weighted by atomic mass is 16.2. The molecule has 2 N–H and O–H groups in total. The maximum absolute atomic E-state index is 12.5. The lowest BCUT2D eigenvalue weighted by Gasteiger charge is -2.21. The van der Waals surface area contributed by atoms with Crippen molar-refractivity contribution < 1.29 is 4.79 Å². The third-order valence-electron chi connectivity index (χ3n) is 4.61. The molecule has 1 aliphatic rings. The number of nitrogens with one attached hydrogen (secondary N) is 2. The number of rotatable bonds is 5. The van der Waals surface area contributed by atoms with Crippen LogP contribution >= 0.6 is 0 Å². The van der Waals surface area contributed by atoms with Crippen LogP contribution in [0.25, 0.3) is 5.65 Å². The zero-order valence-corrected chi connectivity index (χ0v) is 14.1. The number of pyridine rings is 1. The maximum Gasteiger partial charge on any atom is 0.315 e. The smallest absolute Gasteiger partial charge is 0.315 e. The molecule has 2 amide bonds. The first-order chi connectivity index (χ1) is 12.2. The molecule has 2 aromatic heterocycles. The Labute approximate surface area is 146 Å². The Hall–Kier alpha value is -2.89. The number of aromatic nitrogens is 3. The molecule has 1 fully saturated rings. The van der Waals surface area contributed by atoms with E-state index in [1.54, 1.807) is 0 Å². The van der Waals surface area contributed by atoms with Crippen LogP contribution in [0.1, 0.15) is 43.2 Å². The normalized spacial score (nSPS) is 16.4. The summed E-state index contributed by atoms with van der Waals surface area (Å²) in [6.07, 6.45) is 4.21. The van der Waals surface area contributed by atoms with E-state index in [9.17, 15) is 4.79 Å². The molecule has 0 aliphatic heterocycles. The number of carbonyl (C=O) groups is 1. The second-order valence-electron chi connectivity index (χ2n) is 6.55. The number of hydrogen-bond acceptors (Lipinski definition) is 3. The van der Waals surface area contributed by atoms with Gasteiger partial charge in [0, 0.05) is 6.20 Å². The molecular weight excluding hydrogens is 314 g/mol. The van der Waals surface area contributed by atoms with Gasteiger partial charge in [-0.1, -0.05) is 36.4 Å². The van der Waals surface area contributed by atoms with Crippen molar-refractivity contribution in [3.8, 4) is 0 Å². The Morgan fingerprint density at radius 1 is 1.08 bits per heavy atom. The molecule has 3 aromatic rings. The molecule has 0 saturated heterocycles. The number of fused-ring (bicyclic) bond motifs is 1. The molecule has 6 nitrogen and oxygen atoms in total. The molecule has 0 bridgehead atoms. The molecule has 0 unspecified atom stereocenters. The fraction of sp³-hybridized carbons (Fsp3) is 0.316. The van der Waals surface area contributed by atoms with Crippen molar-refractivity contribution in [1.29, 1.82) is 0 Å². The fourth-order valence-corrected chi connectivity index (χ4v) is 3.16. The summed E-state index contributed by atoms with van der Waals surface area (Å²) >= 11 is 0. The van der Waals surface area contributed by atoms with E-state index in [0.717, 1.165) is 24.1 Å². The van der Waals surface area contributed by atoms with Crippen LogP contribution in [0.2, 0.25) is 0 Å². The van der Waals surface area contributed by atoms with Crippen molar-refractivity contribution >= 4 is 11.7 Å². The van der Waals surface area contributed by atoms with Crippen molar-refractivity contribution in [3.05, 3.63) is 66.1 Å². The number of benzene rings is 1. The molecule has 4 rings (SSSR count). The van der Waals surface area contributed by atoms with E-state index >= 15 is 0 Å². The van der Waals surface area contributed by atoms with Gasteiger partial charge in [0.15, 0.2) is 11.5 Å². The largest absolute Gasteiger partial charge is 0.331 e. The first kappa shape index (κ1) is 15.6. The monoisotopic (exact) mass is 335 g/mol. The molecule has 0 radical (unpaired) electrons. The molecule has 128 valence electrons. The molecule has 1 aromatic carbocycles. The summed E-state index contributed by atoms with van der Waals surface area (Å²) in [5.74, 6) is 1.24. The standard InChI is InChI=1S/C19H21N5O/c1-13(18-23-22-16-9-5-6-12-24(16)18)20-19(25)21-17(15-10-11-15)14-7-3-2-4-8-14/h2-9,12-13,15,17H,10-11H2,1H3,(H2,20,21,25)/t13-,17+/m1/s1. The molecule has 6 heteroatoms. The summed E-state index contributed by atoms with van der Waals surface area (Å²) in [6, 6.07) is 15.5. The van der Waals surface area contributed by atoms with E-state index in [4.69, 9.17) is 0 Å². The third kappa shape index (κ3) is 3.33. The lowest BCUT2D eigenvalue weighted by atomic mass is 10.0. The van der Waals surface area contributed by atoms with E-state index in [1.807, 2.05) is 53.9 Å². The van der Waals surface area contributed by atoms with E-state index in [1.165, 1.54) is 0 Å². The Morgan fingerprint density at radius 2 is 1.84 bits per heavy atom. The fourth-order valence-electron chi connectivity index (χ4n) is 3.16. The zero-order chi connectivity index (χ0) is 17.2. The van der Waals surface area contributed by atoms with Crippen molar-refractivity contribution in [1.82, 2.24) is 25.2 Å². The number of nitrogens with zero attached hydrogens (tertiary/aromatic N) is 3. The molecule has 2 atom stereocenters. The average Bonchev–Trinajstić information content (AvgIpc) is 3.38. The van der Waals surface area contributed by atoms with Gasteiger partial charge in [-0.25, -0.2) is 4.79 Å². The maximum atomic E-state index is 12.5. The highest BCUT2D eigenvalue weighted by molar-refractivity contribution is 5.75. The van der Waals surface area contributed by atoms with Crippen LogP contribution in [0.4, 0.5) is 4.79 Å². The third-order valence-corrected chi connectivity index (χ3v) is 4.61. The van der Waals surface area contributed by atoms with Crippen LogP contribution in [-0.4, -0.2) is 20.6 Å². The van der Waals surface area contributed by atoms with Crippen LogP contribution in [0.15, 0.2) is 54.7 Å². The van der Waals surface area contributed by atoms with Gasteiger partial charge in [0.2, 0.25) is 0 Å². The highest BCUT2D eigenvalue weighted by Gasteiger charge is 2.33. The lowest BCUT2D eigenvalue weighted by Crippen LogP contribution is -2.40. The van der Waals surface area contributed by atoms with Gasteiger partial charge >= 0.3 is 6.03 Å². The van der Waals surface area contributed by atoms with Gasteiger partial charge in [-0.05, 0) is 43.4 Å². The van der Waals surface area contributed by atoms with E-state index < -0.39 is 0 Å².